The second kappa shape index (κ2) is 7.88. The average molecular weight is 448 g/mol. The van der Waals surface area contributed by atoms with Crippen molar-refractivity contribution in [3.8, 4) is 0 Å². The van der Waals surface area contributed by atoms with Gasteiger partial charge < -0.3 is 14.2 Å². The van der Waals surface area contributed by atoms with Crippen molar-refractivity contribution in [2.24, 2.45) is 0 Å². The number of rotatable bonds is 4. The van der Waals surface area contributed by atoms with Crippen LogP contribution >= 0.6 is 0 Å². The zero-order valence-electron chi connectivity index (χ0n) is 15.7. The van der Waals surface area contributed by atoms with E-state index < -0.39 is 59.5 Å². The highest BCUT2D eigenvalue weighted by Crippen LogP contribution is 2.40. The first-order valence-electron chi connectivity index (χ1n) is 8.75. The molecule has 2 unspecified atom stereocenters. The molecule has 11 heteroatoms. The van der Waals surface area contributed by atoms with Gasteiger partial charge in [-0.05, 0) is 24.6 Å². The van der Waals surface area contributed by atoms with Gasteiger partial charge in [-0.15, -0.1) is 0 Å². The van der Waals surface area contributed by atoms with Crippen molar-refractivity contribution in [3.63, 3.8) is 0 Å². The van der Waals surface area contributed by atoms with E-state index in [9.17, 15) is 35.9 Å². The Hall–Kier alpha value is -3.08. The number of alkyl halides is 6. The number of esters is 2. The fourth-order valence-corrected chi connectivity index (χ4v) is 3.07. The van der Waals surface area contributed by atoms with Crippen LogP contribution in [0, 0.1) is 0 Å². The lowest BCUT2D eigenvalue weighted by Crippen LogP contribution is -2.53. The van der Waals surface area contributed by atoms with Crippen molar-refractivity contribution in [3.05, 3.63) is 70.8 Å². The first-order chi connectivity index (χ1) is 14.3. The number of halogens is 6. The Morgan fingerprint density at radius 2 is 1.58 bits per heavy atom. The van der Waals surface area contributed by atoms with Crippen LogP contribution in [0.25, 0.3) is 0 Å². The first kappa shape index (κ1) is 22.6. The van der Waals surface area contributed by atoms with Crippen molar-refractivity contribution in [2.75, 3.05) is 0 Å². The molecule has 0 spiro atoms. The second-order valence-corrected chi connectivity index (χ2v) is 6.63. The molecule has 2 aromatic rings. The monoisotopic (exact) mass is 448 g/mol. The minimum atomic E-state index is -5.11. The number of hydrogen-bond donors (Lipinski definition) is 0. The lowest BCUT2D eigenvalue weighted by Gasteiger charge is -2.40. The number of cyclic esters (lactones) is 2. The summed E-state index contributed by atoms with van der Waals surface area (Å²) in [4.78, 5) is 23.3. The maximum absolute atomic E-state index is 13.4. The number of carbonyl (C=O) groups excluding carboxylic acids is 2. The van der Waals surface area contributed by atoms with Gasteiger partial charge in [-0.3, -0.25) is 0 Å². The molecule has 0 aliphatic carbocycles. The summed E-state index contributed by atoms with van der Waals surface area (Å²) in [5, 5.41) is 0. The quantitative estimate of drug-likeness (QED) is 0.389. The van der Waals surface area contributed by atoms with Gasteiger partial charge in [-0.2, -0.15) is 26.3 Å². The van der Waals surface area contributed by atoms with E-state index in [2.05, 4.69) is 0 Å². The highest BCUT2D eigenvalue weighted by atomic mass is 19.4. The molecular weight excluding hydrogens is 434 g/mol. The number of hydrogen-bond acceptors (Lipinski definition) is 5. The van der Waals surface area contributed by atoms with Crippen LogP contribution in [-0.2, 0) is 48.5 Å². The van der Waals surface area contributed by atoms with Crippen LogP contribution in [0.3, 0.4) is 0 Å². The van der Waals surface area contributed by atoms with Crippen LogP contribution < -0.4 is 0 Å². The average Bonchev–Trinajstić information content (AvgIpc) is 2.69. The Labute approximate surface area is 171 Å². The topological polar surface area (TPSA) is 61.8 Å². The molecule has 1 fully saturated rings. The van der Waals surface area contributed by atoms with Crippen LogP contribution in [0.2, 0.25) is 0 Å². The molecule has 1 aliphatic heterocycles. The molecule has 2 atom stereocenters. The number of ether oxygens (including phenoxy) is 3. The van der Waals surface area contributed by atoms with Crippen LogP contribution in [0.5, 0.6) is 0 Å². The van der Waals surface area contributed by atoms with Crippen LogP contribution in [0.4, 0.5) is 26.3 Å². The minimum Gasteiger partial charge on any atom is -0.447 e. The summed E-state index contributed by atoms with van der Waals surface area (Å²) in [5.41, 5.74) is -3.51. The molecule has 0 aromatic heterocycles. The third kappa shape index (κ3) is 4.50. The molecule has 1 heterocycles. The van der Waals surface area contributed by atoms with Gasteiger partial charge in [0.1, 0.15) is 0 Å². The third-order valence-electron chi connectivity index (χ3n) is 4.59. The predicted molar refractivity (Wildman–Crippen MR) is 91.0 cm³/mol. The van der Waals surface area contributed by atoms with Crippen molar-refractivity contribution in [1.29, 1.82) is 0 Å². The summed E-state index contributed by atoms with van der Waals surface area (Å²) in [6.07, 6.45) is -11.4. The van der Waals surface area contributed by atoms with Crippen LogP contribution in [0.1, 0.15) is 29.2 Å². The van der Waals surface area contributed by atoms with E-state index in [-0.39, 0.29) is 11.6 Å². The third-order valence-corrected chi connectivity index (χ3v) is 4.59. The highest BCUT2D eigenvalue weighted by Gasteiger charge is 2.52. The van der Waals surface area contributed by atoms with Crippen molar-refractivity contribution >= 4 is 11.9 Å². The maximum atomic E-state index is 13.4. The van der Waals surface area contributed by atoms with Gasteiger partial charge in [0.15, 0.2) is 6.10 Å². The molecule has 166 valence electrons. The van der Waals surface area contributed by atoms with E-state index in [1.165, 1.54) is 31.2 Å². The zero-order chi connectivity index (χ0) is 23.0. The molecule has 2 aromatic carbocycles. The number of carbonyl (C=O) groups is 2. The predicted octanol–water partition coefficient (Wildman–Crippen LogP) is 4.58. The van der Waals surface area contributed by atoms with Gasteiger partial charge in [0, 0.05) is 5.56 Å². The zero-order valence-corrected chi connectivity index (χ0v) is 15.7. The second-order valence-electron chi connectivity index (χ2n) is 6.63. The molecule has 1 saturated heterocycles. The summed E-state index contributed by atoms with van der Waals surface area (Å²) < 4.78 is 94.4. The molecule has 0 amide bonds. The van der Waals surface area contributed by atoms with Gasteiger partial charge in [0.05, 0.1) is 17.7 Å². The van der Waals surface area contributed by atoms with E-state index in [0.717, 1.165) is 0 Å². The largest absolute Gasteiger partial charge is 0.447 e. The van der Waals surface area contributed by atoms with Gasteiger partial charge in [-0.25, -0.2) is 9.59 Å². The van der Waals surface area contributed by atoms with Crippen LogP contribution in [-0.4, -0.2) is 18.0 Å². The standard InChI is InChI=1S/C20H14F6O5/c1-11-18(13-5-3-2-4-6-13,31-17(28)16(27)30-11)29-10-12-7-8-14(19(21,22)23)9-15(12)20(24,25)26/h2-9,11H,10H2,1H3. The maximum Gasteiger partial charge on any atom is 0.420 e. The molecule has 3 rings (SSSR count). The Kier molecular flexibility index (Phi) is 5.74. The fourth-order valence-electron chi connectivity index (χ4n) is 3.07. The normalized spacial score (nSPS) is 22.1. The van der Waals surface area contributed by atoms with E-state index in [0.29, 0.717) is 12.1 Å². The smallest absolute Gasteiger partial charge is 0.420 e. The lowest BCUT2D eigenvalue weighted by molar-refractivity contribution is -0.301. The van der Waals surface area contributed by atoms with Gasteiger partial charge in [-0.1, -0.05) is 36.4 Å². The molecule has 0 radical (unpaired) electrons. The highest BCUT2D eigenvalue weighted by molar-refractivity contribution is 6.30. The fraction of sp³-hybridized carbons (Fsp3) is 0.300. The number of benzene rings is 2. The lowest BCUT2D eigenvalue weighted by atomic mass is 9.99. The summed E-state index contributed by atoms with van der Waals surface area (Å²) in [5.74, 6) is -4.84. The molecule has 0 saturated carbocycles. The Balaban J connectivity index is 2.01. The Morgan fingerprint density at radius 1 is 0.935 bits per heavy atom. The van der Waals surface area contributed by atoms with Crippen molar-refractivity contribution < 1.29 is 50.1 Å². The van der Waals surface area contributed by atoms with E-state index >= 15 is 0 Å². The first-order valence-corrected chi connectivity index (χ1v) is 8.75. The Bertz CT molecular complexity index is 986. The molecule has 0 bridgehead atoms. The van der Waals surface area contributed by atoms with E-state index in [4.69, 9.17) is 14.2 Å². The van der Waals surface area contributed by atoms with Crippen molar-refractivity contribution in [1.82, 2.24) is 0 Å². The molecule has 0 N–H and O–H groups in total. The molecule has 1 aliphatic rings. The summed E-state index contributed by atoms with van der Waals surface area (Å²) >= 11 is 0. The minimum absolute atomic E-state index is 0.0236. The van der Waals surface area contributed by atoms with Crippen LogP contribution in [0.15, 0.2) is 48.5 Å². The van der Waals surface area contributed by atoms with E-state index in [1.807, 2.05) is 0 Å². The van der Waals surface area contributed by atoms with Gasteiger partial charge in [0.25, 0.3) is 5.79 Å². The summed E-state index contributed by atoms with van der Waals surface area (Å²) in [6.45, 7) is 0.409. The van der Waals surface area contributed by atoms with Gasteiger partial charge in [0.2, 0.25) is 0 Å². The summed E-state index contributed by atoms with van der Waals surface area (Å²) in [7, 11) is 0. The van der Waals surface area contributed by atoms with Crippen molar-refractivity contribution in [2.45, 2.75) is 37.8 Å². The molecule has 5 nitrogen and oxygen atoms in total. The Morgan fingerprint density at radius 3 is 2.16 bits per heavy atom. The van der Waals surface area contributed by atoms with Gasteiger partial charge >= 0.3 is 24.3 Å². The molecule has 31 heavy (non-hydrogen) atoms. The molecular formula is C20H14F6O5. The summed E-state index contributed by atoms with van der Waals surface area (Å²) in [6, 6.07) is 8.61. The van der Waals surface area contributed by atoms with E-state index in [1.54, 1.807) is 6.07 Å². The SMILES string of the molecule is CC1OC(=O)C(=O)OC1(OCc1ccc(C(F)(F)F)cc1C(F)(F)F)c1ccccc1.